The minimum atomic E-state index is -3.54. The van der Waals surface area contributed by atoms with Gasteiger partial charge in [-0.25, -0.2) is 8.42 Å². The normalized spacial score (nSPS) is 23.7. The molecule has 0 saturated heterocycles. The summed E-state index contributed by atoms with van der Waals surface area (Å²) in [5.41, 5.74) is 1.42. The molecule has 0 fully saturated rings. The van der Waals surface area contributed by atoms with E-state index in [1.807, 2.05) is 25.1 Å². The number of anilines is 1. The first-order valence-corrected chi connectivity index (χ1v) is 10.2. The zero-order valence-corrected chi connectivity index (χ0v) is 16.3. The molecule has 2 aromatic rings. The van der Waals surface area contributed by atoms with Crippen molar-refractivity contribution in [1.82, 2.24) is 0 Å². The van der Waals surface area contributed by atoms with Gasteiger partial charge in [0.15, 0.2) is 9.84 Å². The van der Waals surface area contributed by atoms with Gasteiger partial charge < -0.3 is 15.1 Å². The first-order chi connectivity index (χ1) is 12.0. The second kappa shape index (κ2) is 6.28. The molecule has 0 bridgehead atoms. The Morgan fingerprint density at radius 1 is 1.08 bits per heavy atom. The molecule has 140 valence electrons. The summed E-state index contributed by atoms with van der Waals surface area (Å²) < 4.78 is 26.0. The average molecular weight is 375 g/mol. The maximum Gasteiger partial charge on any atom is 0.179 e. The van der Waals surface area contributed by atoms with E-state index in [1.165, 1.54) is 0 Å². The molecule has 0 spiro atoms. The Balaban J connectivity index is 2.32. The summed E-state index contributed by atoms with van der Waals surface area (Å²) in [5.74, 6) is -0.492. The Morgan fingerprint density at radius 3 is 2.27 bits per heavy atom. The fraction of sp³-hybridized carbons (Fsp3) is 0.400. The van der Waals surface area contributed by atoms with Crippen molar-refractivity contribution >= 4 is 15.5 Å². The Labute approximate surface area is 154 Å². The van der Waals surface area contributed by atoms with Crippen molar-refractivity contribution in [2.75, 3.05) is 24.7 Å². The second-order valence-corrected chi connectivity index (χ2v) is 9.84. The van der Waals surface area contributed by atoms with E-state index in [-0.39, 0.29) is 16.4 Å². The molecule has 1 aliphatic rings. The van der Waals surface area contributed by atoms with Gasteiger partial charge in [-0.05, 0) is 41.5 Å². The monoisotopic (exact) mass is 375 g/mol. The summed E-state index contributed by atoms with van der Waals surface area (Å²) in [4.78, 5) is 2.18. The fourth-order valence-corrected chi connectivity index (χ4v) is 5.78. The Kier molecular flexibility index (Phi) is 4.53. The Morgan fingerprint density at radius 2 is 1.69 bits per heavy atom. The molecule has 0 aliphatic carbocycles. The molecule has 2 atom stereocenters. The number of fused-ring (bicyclic) bond motifs is 1. The maximum atomic E-state index is 13.0. The van der Waals surface area contributed by atoms with E-state index in [9.17, 15) is 18.6 Å². The molecule has 0 saturated carbocycles. The van der Waals surface area contributed by atoms with Crippen molar-refractivity contribution in [3.63, 3.8) is 0 Å². The van der Waals surface area contributed by atoms with Crippen LogP contribution in [0.25, 0.3) is 0 Å². The fourth-order valence-electron chi connectivity index (χ4n) is 3.66. The number of nitrogens with zero attached hydrogens (tertiary/aromatic N) is 1. The second-order valence-electron chi connectivity index (χ2n) is 7.88. The van der Waals surface area contributed by atoms with Crippen LogP contribution in [0.4, 0.5) is 5.69 Å². The van der Waals surface area contributed by atoms with Gasteiger partial charge in [0.2, 0.25) is 0 Å². The molecule has 2 aromatic carbocycles. The van der Waals surface area contributed by atoms with Crippen molar-refractivity contribution < 1.29 is 18.6 Å². The third kappa shape index (κ3) is 3.19. The first-order valence-electron chi connectivity index (χ1n) is 8.54. The molecule has 3 rings (SSSR count). The van der Waals surface area contributed by atoms with Crippen LogP contribution in [0.1, 0.15) is 30.9 Å². The van der Waals surface area contributed by atoms with Gasteiger partial charge in [-0.1, -0.05) is 26.0 Å². The molecule has 0 amide bonds. The van der Waals surface area contributed by atoms with E-state index in [4.69, 9.17) is 0 Å². The molecule has 26 heavy (non-hydrogen) atoms. The first kappa shape index (κ1) is 18.7. The van der Waals surface area contributed by atoms with Crippen LogP contribution in [0.3, 0.4) is 0 Å². The number of aliphatic hydroxyl groups is 1. The number of benzene rings is 2. The van der Waals surface area contributed by atoms with Gasteiger partial charge in [-0.3, -0.25) is 0 Å². The molecule has 5 nitrogen and oxygen atoms in total. The number of phenols is 1. The predicted molar refractivity (Wildman–Crippen MR) is 103 cm³/mol. The summed E-state index contributed by atoms with van der Waals surface area (Å²) in [6.45, 7) is 3.56. The van der Waals surface area contributed by atoms with Crippen LogP contribution in [0.5, 0.6) is 5.75 Å². The summed E-state index contributed by atoms with van der Waals surface area (Å²) >= 11 is 0. The van der Waals surface area contributed by atoms with Crippen LogP contribution in [0.2, 0.25) is 0 Å². The lowest BCUT2D eigenvalue weighted by molar-refractivity contribution is 0.0521. The third-order valence-electron chi connectivity index (χ3n) is 5.11. The standard InChI is InChI=1S/C20H25NO4S/c1-20(2)12-26(24,25)17-10-7-14(21(3)4)11-16(17)18(19(20)23)13-5-8-15(22)9-6-13/h5-11,18-19,22-23H,12H2,1-4H3/t18-,19-/m1/s1. The summed E-state index contributed by atoms with van der Waals surface area (Å²) in [6.07, 6.45) is -0.888. The molecule has 1 aliphatic heterocycles. The smallest absolute Gasteiger partial charge is 0.179 e. The molecular weight excluding hydrogens is 350 g/mol. The summed E-state index contributed by atoms with van der Waals surface area (Å²) in [6, 6.07) is 11.9. The van der Waals surface area contributed by atoms with Crippen LogP contribution < -0.4 is 4.90 Å². The molecule has 6 heteroatoms. The lowest BCUT2D eigenvalue weighted by Crippen LogP contribution is -2.38. The van der Waals surface area contributed by atoms with Crippen molar-refractivity contribution in [2.24, 2.45) is 5.41 Å². The van der Waals surface area contributed by atoms with Crippen molar-refractivity contribution in [1.29, 1.82) is 0 Å². The molecule has 0 aromatic heterocycles. The molecule has 2 N–H and O–H groups in total. The summed E-state index contributed by atoms with van der Waals surface area (Å²) in [7, 11) is 0.245. The van der Waals surface area contributed by atoms with Crippen LogP contribution in [0, 0.1) is 5.41 Å². The maximum absolute atomic E-state index is 13.0. The van der Waals surface area contributed by atoms with Crippen LogP contribution in [0.15, 0.2) is 47.4 Å². The highest BCUT2D eigenvalue weighted by Gasteiger charge is 2.45. The van der Waals surface area contributed by atoms with Gasteiger partial charge in [-0.2, -0.15) is 0 Å². The lowest BCUT2D eigenvalue weighted by atomic mass is 9.75. The van der Waals surface area contributed by atoms with Crippen molar-refractivity contribution in [2.45, 2.75) is 30.8 Å². The van der Waals surface area contributed by atoms with E-state index < -0.39 is 27.3 Å². The molecular formula is C20H25NO4S. The number of aliphatic hydroxyl groups excluding tert-OH is 1. The van der Waals surface area contributed by atoms with Gasteiger partial charge in [-0.15, -0.1) is 0 Å². The highest BCUT2D eigenvalue weighted by molar-refractivity contribution is 7.91. The minimum absolute atomic E-state index is 0.121. The lowest BCUT2D eigenvalue weighted by Gasteiger charge is -2.33. The van der Waals surface area contributed by atoms with E-state index in [1.54, 1.807) is 50.2 Å². The van der Waals surface area contributed by atoms with E-state index >= 15 is 0 Å². The third-order valence-corrected chi connectivity index (χ3v) is 7.28. The Hall–Kier alpha value is -2.05. The van der Waals surface area contributed by atoms with Crippen LogP contribution in [-0.2, 0) is 9.84 Å². The molecule has 1 heterocycles. The molecule has 0 radical (unpaired) electrons. The largest absolute Gasteiger partial charge is 0.508 e. The SMILES string of the molecule is CN(C)c1ccc2c(c1)[C@@H](c1ccc(O)cc1)[C@@H](O)C(C)(C)CS2(=O)=O. The predicted octanol–water partition coefficient (Wildman–Crippen LogP) is 2.76. The number of hydrogen-bond donors (Lipinski definition) is 2. The van der Waals surface area contributed by atoms with Crippen molar-refractivity contribution in [3.8, 4) is 5.75 Å². The van der Waals surface area contributed by atoms with Gasteiger partial charge in [0, 0.05) is 31.1 Å². The van der Waals surface area contributed by atoms with Crippen LogP contribution in [-0.4, -0.2) is 44.6 Å². The van der Waals surface area contributed by atoms with E-state index in [2.05, 4.69) is 0 Å². The average Bonchev–Trinajstić information content (AvgIpc) is 2.60. The number of rotatable bonds is 2. The van der Waals surface area contributed by atoms with Gasteiger partial charge in [0.05, 0.1) is 16.8 Å². The Bertz CT molecular complexity index is 917. The zero-order valence-electron chi connectivity index (χ0n) is 15.5. The summed E-state index contributed by atoms with van der Waals surface area (Å²) in [5, 5.41) is 20.8. The quantitative estimate of drug-likeness (QED) is 0.844. The van der Waals surface area contributed by atoms with Gasteiger partial charge in [0.25, 0.3) is 0 Å². The highest BCUT2D eigenvalue weighted by Crippen LogP contribution is 2.45. The van der Waals surface area contributed by atoms with Crippen LogP contribution >= 0.6 is 0 Å². The number of aromatic hydroxyl groups is 1. The highest BCUT2D eigenvalue weighted by atomic mass is 32.2. The van der Waals surface area contributed by atoms with Crippen molar-refractivity contribution in [3.05, 3.63) is 53.6 Å². The number of hydrogen-bond acceptors (Lipinski definition) is 5. The van der Waals surface area contributed by atoms with E-state index in [0.29, 0.717) is 5.56 Å². The minimum Gasteiger partial charge on any atom is -0.508 e. The van der Waals surface area contributed by atoms with E-state index in [0.717, 1.165) is 11.3 Å². The molecule has 0 unspecified atom stereocenters. The number of phenolic OH excluding ortho intramolecular Hbond substituents is 1. The van der Waals surface area contributed by atoms with Gasteiger partial charge >= 0.3 is 0 Å². The topological polar surface area (TPSA) is 77.8 Å². The zero-order chi connectivity index (χ0) is 19.3. The van der Waals surface area contributed by atoms with Gasteiger partial charge in [0.1, 0.15) is 5.75 Å². The number of sulfone groups is 1.